The molecule has 0 aromatic heterocycles. The lowest BCUT2D eigenvalue weighted by Gasteiger charge is -2.55. The third-order valence-corrected chi connectivity index (χ3v) is 14.8. The highest BCUT2D eigenvalue weighted by atomic mass is 16.6. The van der Waals surface area contributed by atoms with Gasteiger partial charge in [-0.1, -0.05) is 13.2 Å². The lowest BCUT2D eigenvalue weighted by atomic mass is 9.77. The van der Waals surface area contributed by atoms with Crippen molar-refractivity contribution in [3.63, 3.8) is 0 Å². The number of esters is 4. The van der Waals surface area contributed by atoms with Crippen LogP contribution in [0.5, 0.6) is 0 Å². The van der Waals surface area contributed by atoms with Crippen LogP contribution in [0.2, 0.25) is 0 Å². The molecule has 4 saturated heterocycles. The zero-order valence-electron chi connectivity index (χ0n) is 45.1. The Morgan fingerprint density at radius 1 is 0.420 bits per heavy atom. The summed E-state index contributed by atoms with van der Waals surface area (Å²) in [6.45, 7) is 40.1. The maximum absolute atomic E-state index is 15.1. The smallest absolute Gasteiger partial charge is 0.321 e. The largest absolute Gasteiger partial charge is 0.462 e. The summed E-state index contributed by atoms with van der Waals surface area (Å²) < 4.78 is 25.0. The topological polar surface area (TPSA) is 186 Å². The van der Waals surface area contributed by atoms with Crippen LogP contribution in [0.15, 0.2) is 25.3 Å². The molecule has 0 N–H and O–H groups in total. The average Bonchev–Trinajstić information content (AvgIpc) is 3.09. The van der Waals surface area contributed by atoms with Crippen LogP contribution in [0.25, 0.3) is 0 Å². The SMILES string of the molecule is C=CC(=O)N1C(C)(C)CC(OC(=O)C(C(=O)OC2CC(C)(C)N(C(=O)C=C)C(C)(C)C2)C(CC(=O)OC2CC(C)(C)N(C(C)=O)C(C)(C)C2)C(=O)OC2CC(C)(C)N(C(C)=O)C(C)(C)C2)CC1(C)C. The molecule has 16 heteroatoms. The maximum Gasteiger partial charge on any atom is 0.321 e. The van der Waals surface area contributed by atoms with Crippen LogP contribution in [-0.4, -0.2) is 136 Å². The van der Waals surface area contributed by atoms with Crippen molar-refractivity contribution in [2.75, 3.05) is 0 Å². The standard InChI is InChI=1S/C53H84N4O12/c1-21-39(60)56-50(13,14)28-36(29-51(56,15)16)68-44(64)42(45(65)69-37-30-52(17,18)57(40(61)22-2)53(19,20)31-37)38(43(63)67-35-26-48(9,10)55(33(4)59)49(11,12)27-35)23-41(62)66-34-24-46(5,6)54(32(3)58)47(7,8)25-34/h21-22,34-38,42H,1-2,23-31H2,3-20H3. The molecule has 0 saturated carbocycles. The Bertz CT molecular complexity index is 1940. The lowest BCUT2D eigenvalue weighted by Crippen LogP contribution is -2.64. The van der Waals surface area contributed by atoms with Crippen LogP contribution < -0.4 is 0 Å². The Morgan fingerprint density at radius 3 is 0.899 bits per heavy atom. The van der Waals surface area contributed by atoms with E-state index in [9.17, 15) is 24.0 Å². The second-order valence-corrected chi connectivity index (χ2v) is 25.2. The summed E-state index contributed by atoms with van der Waals surface area (Å²) >= 11 is 0. The molecule has 16 nitrogen and oxygen atoms in total. The first-order valence-electron chi connectivity index (χ1n) is 24.5. The van der Waals surface area contributed by atoms with E-state index < -0.39 is 111 Å². The minimum absolute atomic E-state index is 0.132. The number of hydrogen-bond acceptors (Lipinski definition) is 12. The second-order valence-electron chi connectivity index (χ2n) is 25.2. The molecule has 4 rings (SSSR count). The maximum atomic E-state index is 15.1. The Morgan fingerprint density at radius 2 is 0.652 bits per heavy atom. The van der Waals surface area contributed by atoms with E-state index in [4.69, 9.17) is 18.9 Å². The summed E-state index contributed by atoms with van der Waals surface area (Å²) in [6.07, 6.45) is 0.157. The highest BCUT2D eigenvalue weighted by molar-refractivity contribution is 6.00. The van der Waals surface area contributed by atoms with Gasteiger partial charge in [-0.15, -0.1) is 0 Å². The van der Waals surface area contributed by atoms with E-state index in [0.29, 0.717) is 0 Å². The van der Waals surface area contributed by atoms with Gasteiger partial charge in [-0.2, -0.15) is 0 Å². The Labute approximate surface area is 411 Å². The highest BCUT2D eigenvalue weighted by Crippen LogP contribution is 2.45. The second kappa shape index (κ2) is 19.4. The van der Waals surface area contributed by atoms with E-state index in [0.717, 1.165) is 0 Å². The van der Waals surface area contributed by atoms with Gasteiger partial charge in [0.05, 0.1) is 12.3 Å². The zero-order valence-corrected chi connectivity index (χ0v) is 45.1. The van der Waals surface area contributed by atoms with E-state index in [1.807, 2.05) is 111 Å². The molecule has 4 amide bonds. The fourth-order valence-corrected chi connectivity index (χ4v) is 14.1. The third kappa shape index (κ3) is 12.2. The molecule has 69 heavy (non-hydrogen) atoms. The molecule has 0 aliphatic carbocycles. The molecule has 4 aliphatic heterocycles. The Hall–Kier alpha value is -4.76. The molecule has 0 bridgehead atoms. The Kier molecular flexibility index (Phi) is 16.0. The molecule has 1 unspecified atom stereocenters. The molecular weight excluding hydrogens is 885 g/mol. The van der Waals surface area contributed by atoms with E-state index in [2.05, 4.69) is 13.2 Å². The first-order chi connectivity index (χ1) is 31.2. The number of ether oxygens (including phenoxy) is 4. The van der Waals surface area contributed by atoms with Crippen molar-refractivity contribution in [2.24, 2.45) is 11.8 Å². The molecule has 0 spiro atoms. The monoisotopic (exact) mass is 969 g/mol. The van der Waals surface area contributed by atoms with Crippen LogP contribution >= 0.6 is 0 Å². The third-order valence-electron chi connectivity index (χ3n) is 14.8. The molecule has 1 atom stereocenters. The van der Waals surface area contributed by atoms with Gasteiger partial charge in [-0.25, -0.2) is 0 Å². The van der Waals surface area contributed by atoms with Crippen LogP contribution in [-0.2, 0) is 57.3 Å². The summed E-state index contributed by atoms with van der Waals surface area (Å²) in [5.41, 5.74) is -6.39. The average molecular weight is 969 g/mol. The van der Waals surface area contributed by atoms with E-state index in [-0.39, 0.29) is 75.0 Å². The normalized spacial score (nSPS) is 24.3. The predicted molar refractivity (Wildman–Crippen MR) is 260 cm³/mol. The first-order valence-corrected chi connectivity index (χ1v) is 24.5. The molecule has 388 valence electrons. The number of likely N-dealkylation sites (tertiary alicyclic amines) is 4. The van der Waals surface area contributed by atoms with Crippen molar-refractivity contribution in [2.45, 2.75) is 251 Å². The van der Waals surface area contributed by atoms with Gasteiger partial charge < -0.3 is 38.5 Å². The van der Waals surface area contributed by atoms with Crippen LogP contribution in [0, 0.1) is 11.8 Å². The number of rotatable bonds is 12. The fraction of sp³-hybridized carbons (Fsp3) is 0.774. The number of carbonyl (C=O) groups excluding carboxylic acids is 8. The van der Waals surface area contributed by atoms with Crippen LogP contribution in [0.3, 0.4) is 0 Å². The van der Waals surface area contributed by atoms with Gasteiger partial charge >= 0.3 is 23.9 Å². The van der Waals surface area contributed by atoms with Gasteiger partial charge in [-0.3, -0.25) is 38.4 Å². The summed E-state index contributed by atoms with van der Waals surface area (Å²) in [6, 6.07) is 0. The van der Waals surface area contributed by atoms with Gasteiger partial charge in [0.1, 0.15) is 24.4 Å². The molecule has 0 radical (unpaired) electrons. The number of carbonyl (C=O) groups is 8. The van der Waals surface area contributed by atoms with E-state index in [1.165, 1.54) is 26.0 Å². The fourth-order valence-electron chi connectivity index (χ4n) is 14.1. The van der Waals surface area contributed by atoms with Gasteiger partial charge in [-0.05, 0) is 123 Å². The molecule has 4 heterocycles. The van der Waals surface area contributed by atoms with Crippen LogP contribution in [0.1, 0.15) is 182 Å². The summed E-state index contributed by atoms with van der Waals surface area (Å²) in [7, 11) is 0. The van der Waals surface area contributed by atoms with Gasteiger partial charge in [0, 0.05) is 110 Å². The number of hydrogen-bond donors (Lipinski definition) is 0. The van der Waals surface area contributed by atoms with Gasteiger partial charge in [0.15, 0.2) is 5.92 Å². The van der Waals surface area contributed by atoms with Gasteiger partial charge in [0.25, 0.3) is 0 Å². The van der Waals surface area contributed by atoms with E-state index in [1.54, 1.807) is 19.6 Å². The first kappa shape index (κ1) is 56.8. The van der Waals surface area contributed by atoms with Crippen molar-refractivity contribution in [3.8, 4) is 0 Å². The van der Waals surface area contributed by atoms with Crippen LogP contribution in [0.4, 0.5) is 0 Å². The quantitative estimate of drug-likeness (QED) is 0.0819. The highest BCUT2D eigenvalue weighted by Gasteiger charge is 2.55. The lowest BCUT2D eigenvalue weighted by molar-refractivity contribution is -0.190. The summed E-state index contributed by atoms with van der Waals surface area (Å²) in [5.74, 6) is -8.86. The molecular formula is C53H84N4O12. The predicted octanol–water partition coefficient (Wildman–Crippen LogP) is 7.39. The Balaban J connectivity index is 1.83. The number of amides is 4. The van der Waals surface area contributed by atoms with Crippen molar-refractivity contribution >= 4 is 47.5 Å². The molecule has 0 aromatic carbocycles. The van der Waals surface area contributed by atoms with Crippen molar-refractivity contribution in [1.82, 2.24) is 19.6 Å². The minimum atomic E-state index is -2.03. The van der Waals surface area contributed by atoms with Crippen molar-refractivity contribution < 1.29 is 57.3 Å². The van der Waals surface area contributed by atoms with E-state index >= 15 is 14.4 Å². The van der Waals surface area contributed by atoms with Crippen molar-refractivity contribution in [1.29, 1.82) is 0 Å². The minimum Gasteiger partial charge on any atom is -0.462 e. The zero-order chi connectivity index (χ0) is 53.0. The number of nitrogens with zero attached hydrogens (tertiary/aromatic N) is 4. The number of piperidine rings is 4. The summed E-state index contributed by atoms with van der Waals surface area (Å²) in [4.78, 5) is 119. The van der Waals surface area contributed by atoms with Crippen molar-refractivity contribution in [3.05, 3.63) is 25.3 Å². The molecule has 4 aliphatic rings. The summed E-state index contributed by atoms with van der Waals surface area (Å²) in [5, 5.41) is 0. The van der Waals surface area contributed by atoms with Gasteiger partial charge in [0.2, 0.25) is 23.6 Å². The molecule has 4 fully saturated rings. The molecule has 0 aromatic rings.